The minimum Gasteiger partial charge on any atom is -0.508 e. The summed E-state index contributed by atoms with van der Waals surface area (Å²) in [4.78, 5) is 13.1. The topological polar surface area (TPSA) is 46.5 Å². The molecule has 0 heterocycles. The molecule has 0 unspecified atom stereocenters. The van der Waals surface area contributed by atoms with E-state index in [2.05, 4.69) is 6.92 Å². The highest BCUT2D eigenvalue weighted by Crippen LogP contribution is 2.36. The molecule has 3 heteroatoms. The number of unbranched alkanes of at least 4 members (excludes halogenated alkanes) is 1. The van der Waals surface area contributed by atoms with Crippen LogP contribution in [0.4, 0.5) is 0 Å². The third kappa shape index (κ3) is 5.37. The molecule has 0 saturated heterocycles. The van der Waals surface area contributed by atoms with Crippen LogP contribution in [-0.2, 0) is 17.3 Å². The van der Waals surface area contributed by atoms with Crippen molar-refractivity contribution in [3.63, 3.8) is 0 Å². The van der Waals surface area contributed by atoms with E-state index < -0.39 is 11.4 Å². The molecule has 2 aromatic rings. The highest BCUT2D eigenvalue weighted by molar-refractivity contribution is 5.93. The normalized spacial score (nSPS) is 13.1. The molecule has 1 N–H and O–H groups in total. The van der Waals surface area contributed by atoms with Crippen molar-refractivity contribution in [2.75, 3.05) is 0 Å². The zero-order chi connectivity index (χ0) is 22.9. The summed E-state index contributed by atoms with van der Waals surface area (Å²) in [5.74, 6) is -0.164. The van der Waals surface area contributed by atoms with Crippen molar-refractivity contribution in [1.82, 2.24) is 0 Å². The molecule has 2 aromatic carbocycles. The van der Waals surface area contributed by atoms with Crippen molar-refractivity contribution >= 4 is 5.97 Å². The SMILES string of the molecule is [3H]c1cc(OC(=O)c2ccc(O)cc2CCCC)c(C(C)(C)C)c([3H])c1C(C)(C)C. The first kappa shape index (κ1) is 19.0. The first-order valence-electron chi connectivity index (χ1n) is 11.0. The van der Waals surface area contributed by atoms with E-state index in [-0.39, 0.29) is 29.0 Å². The first-order valence-corrected chi connectivity index (χ1v) is 9.96. The van der Waals surface area contributed by atoms with Gasteiger partial charge in [-0.3, -0.25) is 0 Å². The lowest BCUT2D eigenvalue weighted by Crippen LogP contribution is -2.19. The number of hydrogen-bond acceptors (Lipinski definition) is 3. The monoisotopic (exact) mass is 386 g/mol. The van der Waals surface area contributed by atoms with Gasteiger partial charge in [-0.2, -0.15) is 0 Å². The van der Waals surface area contributed by atoms with Gasteiger partial charge < -0.3 is 9.84 Å². The van der Waals surface area contributed by atoms with E-state index in [9.17, 15) is 9.90 Å². The molecule has 0 aliphatic carbocycles. The van der Waals surface area contributed by atoms with Crippen LogP contribution in [0.3, 0.4) is 0 Å². The number of phenolic OH excluding ortho intramolecular Hbond substituents is 1. The molecule has 0 aliphatic heterocycles. The van der Waals surface area contributed by atoms with Gasteiger partial charge in [-0.15, -0.1) is 0 Å². The third-order valence-electron chi connectivity index (χ3n) is 4.66. The van der Waals surface area contributed by atoms with Crippen molar-refractivity contribution in [3.8, 4) is 11.5 Å². The number of aryl methyl sites for hydroxylation is 1. The average molecular weight is 387 g/mol. The Labute approximate surface area is 172 Å². The lowest BCUT2D eigenvalue weighted by Gasteiger charge is -2.27. The number of carbonyl (C=O) groups is 1. The predicted octanol–water partition coefficient (Wildman–Crippen LogP) is 6.55. The van der Waals surface area contributed by atoms with Gasteiger partial charge in [0.05, 0.1) is 8.30 Å². The van der Waals surface area contributed by atoms with E-state index in [0.29, 0.717) is 23.1 Å². The van der Waals surface area contributed by atoms with Crippen LogP contribution in [0.2, 0.25) is 0 Å². The smallest absolute Gasteiger partial charge is 0.343 e. The predicted molar refractivity (Wildman–Crippen MR) is 116 cm³/mol. The second-order valence-electron chi connectivity index (χ2n) is 9.36. The maximum atomic E-state index is 13.1. The molecule has 0 saturated carbocycles. The van der Waals surface area contributed by atoms with E-state index >= 15 is 0 Å². The van der Waals surface area contributed by atoms with Gasteiger partial charge in [0, 0.05) is 5.56 Å². The highest BCUT2D eigenvalue weighted by Gasteiger charge is 2.25. The Bertz CT molecular complexity index is 935. The van der Waals surface area contributed by atoms with Gasteiger partial charge >= 0.3 is 5.97 Å². The number of hydrogen-bond donors (Lipinski definition) is 1. The Morgan fingerprint density at radius 1 is 1.11 bits per heavy atom. The Morgan fingerprint density at radius 3 is 2.36 bits per heavy atom. The van der Waals surface area contributed by atoms with E-state index in [1.54, 1.807) is 18.2 Å². The summed E-state index contributed by atoms with van der Waals surface area (Å²) in [5, 5.41) is 9.84. The molecule has 28 heavy (non-hydrogen) atoms. The molecular weight excluding hydrogens is 348 g/mol. The molecule has 0 atom stereocenters. The minimum atomic E-state index is -0.533. The quantitative estimate of drug-likeness (QED) is 0.468. The Morgan fingerprint density at radius 2 is 1.79 bits per heavy atom. The molecule has 2 rings (SSSR count). The van der Waals surface area contributed by atoms with Gasteiger partial charge in [0.1, 0.15) is 11.5 Å². The fraction of sp³-hybridized carbons (Fsp3) is 0.480. The molecule has 0 amide bonds. The number of ether oxygens (including phenoxy) is 1. The molecule has 0 aliphatic rings. The van der Waals surface area contributed by atoms with E-state index in [4.69, 9.17) is 7.48 Å². The Hall–Kier alpha value is -2.29. The molecule has 0 fully saturated rings. The average Bonchev–Trinajstić information content (AvgIpc) is 2.56. The number of benzene rings is 2. The lowest BCUT2D eigenvalue weighted by molar-refractivity contribution is 0.0730. The maximum absolute atomic E-state index is 13.1. The number of rotatable bonds is 5. The lowest BCUT2D eigenvalue weighted by atomic mass is 9.80. The standard InChI is InChI=1S/C25H34O3/c1-8-9-10-17-15-19(26)12-13-20(17)23(27)28-22-14-11-18(24(2,3)4)16-21(22)25(5,6)7/h11-16,26H,8-10H2,1-7H3/i11T,16T. The van der Waals surface area contributed by atoms with Gasteiger partial charge in [0.25, 0.3) is 0 Å². The second-order valence-corrected chi connectivity index (χ2v) is 9.36. The van der Waals surface area contributed by atoms with Crippen LogP contribution < -0.4 is 4.74 Å². The summed E-state index contributed by atoms with van der Waals surface area (Å²) >= 11 is 0. The summed E-state index contributed by atoms with van der Waals surface area (Å²) < 4.78 is 23.1. The van der Waals surface area contributed by atoms with Crippen molar-refractivity contribution in [2.24, 2.45) is 0 Å². The number of phenols is 1. The van der Waals surface area contributed by atoms with Crippen molar-refractivity contribution in [2.45, 2.75) is 78.6 Å². The molecular formula is C25H34O3. The summed E-state index contributed by atoms with van der Waals surface area (Å²) in [7, 11) is 0. The van der Waals surface area contributed by atoms with E-state index in [1.807, 2.05) is 41.5 Å². The molecule has 0 bridgehead atoms. The third-order valence-corrected chi connectivity index (χ3v) is 4.66. The summed E-state index contributed by atoms with van der Waals surface area (Å²) in [5.41, 5.74) is 1.58. The van der Waals surface area contributed by atoms with Crippen molar-refractivity contribution in [3.05, 3.63) is 58.6 Å². The van der Waals surface area contributed by atoms with Gasteiger partial charge in [-0.05, 0) is 59.1 Å². The van der Waals surface area contributed by atoms with Gasteiger partial charge in [-0.25, -0.2) is 4.79 Å². The number of aromatic hydroxyl groups is 1. The zero-order valence-electron chi connectivity index (χ0n) is 20.2. The molecule has 0 spiro atoms. The molecule has 152 valence electrons. The molecule has 0 radical (unpaired) electrons. The minimum absolute atomic E-state index is 0.115. The summed E-state index contributed by atoms with van der Waals surface area (Å²) in [6.45, 7) is 13.9. The van der Waals surface area contributed by atoms with Gasteiger partial charge in [0.15, 0.2) is 0 Å². The summed E-state index contributed by atoms with van der Waals surface area (Å²) in [6, 6.07) is 6.66. The molecule has 3 nitrogen and oxygen atoms in total. The Kier molecular flexibility index (Phi) is 5.70. The van der Waals surface area contributed by atoms with Crippen LogP contribution >= 0.6 is 0 Å². The van der Waals surface area contributed by atoms with Crippen LogP contribution in [0.25, 0.3) is 0 Å². The summed E-state index contributed by atoms with van der Waals surface area (Å²) in [6.07, 6.45) is 2.53. The van der Waals surface area contributed by atoms with Crippen LogP contribution in [0.1, 0.15) is 91.1 Å². The van der Waals surface area contributed by atoms with Crippen molar-refractivity contribution < 1.29 is 17.4 Å². The van der Waals surface area contributed by atoms with E-state index in [1.165, 1.54) is 6.07 Å². The fourth-order valence-corrected chi connectivity index (χ4v) is 2.98. The van der Waals surface area contributed by atoms with Crippen LogP contribution in [-0.4, -0.2) is 11.1 Å². The van der Waals surface area contributed by atoms with Crippen LogP contribution in [0, 0.1) is 0 Å². The van der Waals surface area contributed by atoms with Gasteiger partial charge in [0.2, 0.25) is 0 Å². The highest BCUT2D eigenvalue weighted by atomic mass is 16.5. The zero-order valence-corrected chi connectivity index (χ0v) is 18.2. The number of carbonyl (C=O) groups excluding carboxylic acids is 1. The van der Waals surface area contributed by atoms with Crippen LogP contribution in [0.5, 0.6) is 11.5 Å². The second kappa shape index (κ2) is 8.38. The first-order chi connectivity index (χ1) is 13.8. The molecule has 0 aromatic heterocycles. The van der Waals surface area contributed by atoms with Gasteiger partial charge in [-0.1, -0.05) is 67.0 Å². The number of esters is 1. The maximum Gasteiger partial charge on any atom is 0.343 e. The largest absolute Gasteiger partial charge is 0.508 e. The Balaban J connectivity index is 2.57. The van der Waals surface area contributed by atoms with E-state index in [0.717, 1.165) is 18.4 Å². The van der Waals surface area contributed by atoms with Crippen LogP contribution in [0.15, 0.2) is 36.4 Å². The van der Waals surface area contributed by atoms with Crippen molar-refractivity contribution in [1.29, 1.82) is 0 Å². The fourth-order valence-electron chi connectivity index (χ4n) is 2.98.